The van der Waals surface area contributed by atoms with Gasteiger partial charge in [0.1, 0.15) is 5.69 Å². The van der Waals surface area contributed by atoms with E-state index in [9.17, 15) is 8.78 Å². The minimum absolute atomic E-state index is 0.190. The van der Waals surface area contributed by atoms with Crippen molar-refractivity contribution >= 4 is 0 Å². The van der Waals surface area contributed by atoms with Gasteiger partial charge >= 0.3 is 0 Å². The summed E-state index contributed by atoms with van der Waals surface area (Å²) in [7, 11) is 0. The monoisotopic (exact) mass is 232 g/mol. The van der Waals surface area contributed by atoms with E-state index in [0.717, 1.165) is 13.3 Å². The standard InChI is InChI=1S/C11H18F2N2O/c1-4-6-16-8-9-7-10(11(3,12)13)14-15(9)5-2/h7H,4-6,8H2,1-3H3. The van der Waals surface area contributed by atoms with Crippen LogP contribution in [-0.2, 0) is 23.8 Å². The summed E-state index contributed by atoms with van der Waals surface area (Å²) in [5.74, 6) is -2.89. The topological polar surface area (TPSA) is 27.1 Å². The van der Waals surface area contributed by atoms with Crippen LogP contribution in [0.3, 0.4) is 0 Å². The summed E-state index contributed by atoms with van der Waals surface area (Å²) in [6.07, 6.45) is 0.914. The Morgan fingerprint density at radius 3 is 2.62 bits per heavy atom. The lowest BCUT2D eigenvalue weighted by Crippen LogP contribution is -2.09. The van der Waals surface area contributed by atoms with E-state index in [1.165, 1.54) is 6.07 Å². The predicted octanol–water partition coefficient (Wildman–Crippen LogP) is 2.94. The largest absolute Gasteiger partial charge is 0.375 e. The summed E-state index contributed by atoms with van der Waals surface area (Å²) in [4.78, 5) is 0. The van der Waals surface area contributed by atoms with Crippen LogP contribution >= 0.6 is 0 Å². The first-order chi connectivity index (χ1) is 7.49. The van der Waals surface area contributed by atoms with Crippen LogP contribution in [-0.4, -0.2) is 16.4 Å². The highest BCUT2D eigenvalue weighted by Crippen LogP contribution is 2.26. The third-order valence-corrected chi connectivity index (χ3v) is 2.21. The summed E-state index contributed by atoms with van der Waals surface area (Å²) in [5.41, 5.74) is 0.511. The molecule has 16 heavy (non-hydrogen) atoms. The van der Waals surface area contributed by atoms with Gasteiger partial charge in [-0.1, -0.05) is 6.92 Å². The van der Waals surface area contributed by atoms with Gasteiger partial charge in [-0.2, -0.15) is 13.9 Å². The van der Waals surface area contributed by atoms with Gasteiger partial charge in [-0.3, -0.25) is 4.68 Å². The maximum Gasteiger partial charge on any atom is 0.288 e. The van der Waals surface area contributed by atoms with Gasteiger partial charge < -0.3 is 4.74 Å². The lowest BCUT2D eigenvalue weighted by molar-refractivity contribution is 0.0121. The molecule has 1 heterocycles. The van der Waals surface area contributed by atoms with Crippen LogP contribution in [0.5, 0.6) is 0 Å². The second-order valence-corrected chi connectivity index (χ2v) is 3.78. The molecule has 5 heteroatoms. The number of alkyl halides is 2. The first-order valence-electron chi connectivity index (χ1n) is 5.51. The number of aryl methyl sites for hydroxylation is 1. The minimum Gasteiger partial charge on any atom is -0.375 e. The molecule has 0 saturated carbocycles. The Balaban J connectivity index is 2.78. The maximum atomic E-state index is 13.1. The van der Waals surface area contributed by atoms with E-state index in [4.69, 9.17) is 4.74 Å². The van der Waals surface area contributed by atoms with Crippen molar-refractivity contribution < 1.29 is 13.5 Å². The number of hydrogen-bond donors (Lipinski definition) is 0. The Morgan fingerprint density at radius 2 is 2.12 bits per heavy atom. The van der Waals surface area contributed by atoms with E-state index in [0.29, 0.717) is 25.5 Å². The van der Waals surface area contributed by atoms with E-state index in [1.807, 2.05) is 13.8 Å². The second kappa shape index (κ2) is 5.39. The Bertz CT molecular complexity index is 331. The van der Waals surface area contributed by atoms with Crippen LogP contribution in [0.2, 0.25) is 0 Å². The molecular weight excluding hydrogens is 214 g/mol. The van der Waals surface area contributed by atoms with E-state index >= 15 is 0 Å². The third-order valence-electron chi connectivity index (χ3n) is 2.21. The van der Waals surface area contributed by atoms with E-state index in [2.05, 4.69) is 5.10 Å². The van der Waals surface area contributed by atoms with Crippen molar-refractivity contribution in [3.8, 4) is 0 Å². The lowest BCUT2D eigenvalue weighted by Gasteiger charge is -2.05. The molecule has 1 aromatic heterocycles. The molecule has 1 aromatic rings. The van der Waals surface area contributed by atoms with E-state index in [1.54, 1.807) is 4.68 Å². The zero-order valence-corrected chi connectivity index (χ0v) is 9.96. The van der Waals surface area contributed by atoms with Gasteiger partial charge in [0.15, 0.2) is 0 Å². The molecule has 0 aliphatic rings. The smallest absolute Gasteiger partial charge is 0.288 e. The lowest BCUT2D eigenvalue weighted by atomic mass is 10.2. The number of aromatic nitrogens is 2. The highest BCUT2D eigenvalue weighted by atomic mass is 19.3. The van der Waals surface area contributed by atoms with E-state index < -0.39 is 5.92 Å². The molecule has 0 aliphatic heterocycles. The van der Waals surface area contributed by atoms with Crippen LogP contribution in [0.15, 0.2) is 6.07 Å². The van der Waals surface area contributed by atoms with Crippen molar-refractivity contribution in [1.82, 2.24) is 9.78 Å². The van der Waals surface area contributed by atoms with Crippen LogP contribution in [0, 0.1) is 0 Å². The van der Waals surface area contributed by atoms with Gasteiger partial charge in [0.25, 0.3) is 5.92 Å². The Hall–Kier alpha value is -0.970. The fourth-order valence-electron chi connectivity index (χ4n) is 1.38. The number of halogens is 2. The number of rotatable bonds is 6. The molecule has 0 aromatic carbocycles. The molecule has 0 radical (unpaired) electrons. The molecule has 0 saturated heterocycles. The van der Waals surface area contributed by atoms with Crippen molar-refractivity contribution in [3.63, 3.8) is 0 Å². The quantitative estimate of drug-likeness (QED) is 0.705. The number of nitrogens with zero attached hydrogens (tertiary/aromatic N) is 2. The van der Waals surface area contributed by atoms with Gasteiger partial charge in [0, 0.05) is 20.1 Å². The maximum absolute atomic E-state index is 13.1. The van der Waals surface area contributed by atoms with Crippen molar-refractivity contribution in [1.29, 1.82) is 0 Å². The Labute approximate surface area is 94.4 Å². The molecule has 0 bridgehead atoms. The van der Waals surface area contributed by atoms with Gasteiger partial charge in [-0.15, -0.1) is 0 Å². The Kier molecular flexibility index (Phi) is 4.41. The zero-order chi connectivity index (χ0) is 12.2. The molecule has 0 spiro atoms. The molecular formula is C11H18F2N2O. The first kappa shape index (κ1) is 13.1. The third kappa shape index (κ3) is 3.27. The Morgan fingerprint density at radius 1 is 1.44 bits per heavy atom. The number of hydrogen-bond acceptors (Lipinski definition) is 2. The fourth-order valence-corrected chi connectivity index (χ4v) is 1.38. The van der Waals surface area contributed by atoms with Crippen LogP contribution in [0.1, 0.15) is 38.6 Å². The SMILES string of the molecule is CCCOCc1cc(C(C)(F)F)nn1CC. The summed E-state index contributed by atoms with van der Waals surface area (Å²) >= 11 is 0. The van der Waals surface area contributed by atoms with Gasteiger partial charge in [-0.25, -0.2) is 0 Å². The summed E-state index contributed by atoms with van der Waals surface area (Å²) < 4.78 is 33.0. The number of ether oxygens (including phenoxy) is 1. The predicted molar refractivity (Wildman–Crippen MR) is 57.4 cm³/mol. The van der Waals surface area contributed by atoms with Crippen molar-refractivity contribution in [3.05, 3.63) is 17.5 Å². The van der Waals surface area contributed by atoms with Gasteiger partial charge in [0.2, 0.25) is 0 Å². The van der Waals surface area contributed by atoms with Crippen molar-refractivity contribution in [2.75, 3.05) is 6.61 Å². The van der Waals surface area contributed by atoms with Crippen LogP contribution < -0.4 is 0 Å². The van der Waals surface area contributed by atoms with Gasteiger partial charge in [0.05, 0.1) is 12.3 Å². The van der Waals surface area contributed by atoms with Crippen LogP contribution in [0.25, 0.3) is 0 Å². The molecule has 3 nitrogen and oxygen atoms in total. The van der Waals surface area contributed by atoms with Crippen molar-refractivity contribution in [2.45, 2.75) is 46.3 Å². The molecule has 0 atom stereocenters. The molecule has 0 unspecified atom stereocenters. The zero-order valence-electron chi connectivity index (χ0n) is 9.96. The molecule has 92 valence electrons. The van der Waals surface area contributed by atoms with Gasteiger partial charge in [-0.05, 0) is 19.4 Å². The summed E-state index contributed by atoms with van der Waals surface area (Å²) in [6, 6.07) is 1.42. The first-order valence-corrected chi connectivity index (χ1v) is 5.51. The molecule has 0 N–H and O–H groups in total. The summed E-state index contributed by atoms with van der Waals surface area (Å²) in [5, 5.41) is 3.87. The van der Waals surface area contributed by atoms with E-state index in [-0.39, 0.29) is 5.69 Å². The average Bonchev–Trinajstić information content (AvgIpc) is 2.61. The minimum atomic E-state index is -2.89. The molecule has 0 amide bonds. The molecule has 0 fully saturated rings. The molecule has 0 aliphatic carbocycles. The second-order valence-electron chi connectivity index (χ2n) is 3.78. The average molecular weight is 232 g/mol. The fraction of sp³-hybridized carbons (Fsp3) is 0.727. The highest BCUT2D eigenvalue weighted by Gasteiger charge is 2.28. The van der Waals surface area contributed by atoms with Crippen molar-refractivity contribution in [2.24, 2.45) is 0 Å². The van der Waals surface area contributed by atoms with Crippen LogP contribution in [0.4, 0.5) is 8.78 Å². The normalized spacial score (nSPS) is 12.1. The summed E-state index contributed by atoms with van der Waals surface area (Å²) in [6.45, 7) is 6.26. The highest BCUT2D eigenvalue weighted by molar-refractivity contribution is 5.13. The molecule has 1 rings (SSSR count).